The average Bonchev–Trinajstić information content (AvgIpc) is 3.44. The van der Waals surface area contributed by atoms with Gasteiger partial charge < -0.3 is 9.67 Å². The number of sulfonamides is 1. The number of pyridine rings is 1. The smallest absolute Gasteiger partial charge is 0.421 e. The summed E-state index contributed by atoms with van der Waals surface area (Å²) in [6.07, 6.45) is 4.83. The molecule has 0 aliphatic heterocycles. The normalized spacial score (nSPS) is 23.4. The highest BCUT2D eigenvalue weighted by Gasteiger charge is 2.43. The molecule has 10 heteroatoms. The molecule has 0 spiro atoms. The summed E-state index contributed by atoms with van der Waals surface area (Å²) in [6.45, 7) is 5.07. The fraction of sp³-hybridized carbons (Fsp3) is 0.591. The minimum atomic E-state index is -4.03. The summed E-state index contributed by atoms with van der Waals surface area (Å²) >= 11 is 1.59. The zero-order valence-electron chi connectivity index (χ0n) is 18.5. The zero-order chi connectivity index (χ0) is 22.8. The molecule has 2 unspecified atom stereocenters. The number of carbonyl (C=O) groups is 1. The molecule has 172 valence electrons. The molecule has 2 aliphatic carbocycles. The maximum absolute atomic E-state index is 13.0. The number of fused-ring (bicyclic) bond motifs is 5. The largest absolute Gasteiger partial charge is 0.464 e. The van der Waals surface area contributed by atoms with Crippen molar-refractivity contribution in [2.24, 2.45) is 17.3 Å². The van der Waals surface area contributed by atoms with Crippen molar-refractivity contribution < 1.29 is 18.3 Å². The Morgan fingerprint density at radius 1 is 1.28 bits per heavy atom. The van der Waals surface area contributed by atoms with Crippen LogP contribution in [0.15, 0.2) is 17.6 Å². The SMILES string of the molecule is CC(C)(C)CS(=O)(=O)N(Cc1nc2cnc3ccsc3c2n1[C@H]1CC2CCC1C2)C(=O)O. The molecule has 1 N–H and O–H groups in total. The number of amides is 1. The van der Waals surface area contributed by atoms with Gasteiger partial charge in [-0.3, -0.25) is 4.98 Å². The van der Waals surface area contributed by atoms with Crippen molar-refractivity contribution in [1.82, 2.24) is 18.8 Å². The third-order valence-electron chi connectivity index (χ3n) is 6.68. The van der Waals surface area contributed by atoms with Crippen LogP contribution < -0.4 is 0 Å². The molecule has 2 bridgehead atoms. The van der Waals surface area contributed by atoms with Gasteiger partial charge in [0.25, 0.3) is 0 Å². The van der Waals surface area contributed by atoms with Crippen LogP contribution in [0.5, 0.6) is 0 Å². The summed E-state index contributed by atoms with van der Waals surface area (Å²) in [6, 6.07) is 2.18. The monoisotopic (exact) mass is 476 g/mol. The molecule has 2 aliphatic rings. The molecule has 0 aromatic carbocycles. The molecule has 3 atom stereocenters. The molecule has 2 fully saturated rings. The Bertz CT molecular complexity index is 1300. The Morgan fingerprint density at radius 3 is 2.69 bits per heavy atom. The highest BCUT2D eigenvalue weighted by molar-refractivity contribution is 7.89. The van der Waals surface area contributed by atoms with Gasteiger partial charge in [-0.2, -0.15) is 4.31 Å². The lowest BCUT2D eigenvalue weighted by Gasteiger charge is -2.28. The Labute approximate surface area is 191 Å². The standard InChI is InChI=1S/C22H28N4O4S2/c1-22(2,3)12-32(29,30)25(21(27)28)11-18-24-16-10-23-15-6-7-31-20(15)19(16)26(18)17-9-13-4-5-14(17)8-13/h6-7,10,13-14,17H,4-5,8-9,11-12H2,1-3H3,(H,27,28)/t13?,14?,17-/m0/s1. The quantitative estimate of drug-likeness (QED) is 0.564. The van der Waals surface area contributed by atoms with Crippen molar-refractivity contribution in [3.63, 3.8) is 0 Å². The van der Waals surface area contributed by atoms with Gasteiger partial charge in [0, 0.05) is 6.04 Å². The van der Waals surface area contributed by atoms with Crippen LogP contribution in [-0.4, -0.2) is 44.2 Å². The first-order chi connectivity index (χ1) is 15.0. The van der Waals surface area contributed by atoms with Crippen molar-refractivity contribution in [3.8, 4) is 0 Å². The minimum absolute atomic E-state index is 0.211. The topological polar surface area (TPSA) is 105 Å². The Kier molecular flexibility index (Phi) is 5.01. The lowest BCUT2D eigenvalue weighted by atomic mass is 9.95. The summed E-state index contributed by atoms with van der Waals surface area (Å²) in [7, 11) is -4.03. The summed E-state index contributed by atoms with van der Waals surface area (Å²) in [5.41, 5.74) is 1.96. The zero-order valence-corrected chi connectivity index (χ0v) is 20.1. The highest BCUT2D eigenvalue weighted by Crippen LogP contribution is 2.52. The third kappa shape index (κ3) is 3.67. The van der Waals surface area contributed by atoms with Gasteiger partial charge in [0.2, 0.25) is 10.0 Å². The average molecular weight is 477 g/mol. The van der Waals surface area contributed by atoms with E-state index in [0.717, 1.165) is 28.6 Å². The lowest BCUT2D eigenvalue weighted by Crippen LogP contribution is -2.40. The van der Waals surface area contributed by atoms with Crippen molar-refractivity contribution in [2.45, 2.75) is 59.0 Å². The molecule has 3 aromatic heterocycles. The Balaban J connectivity index is 1.65. The molecule has 0 saturated heterocycles. The molecular weight excluding hydrogens is 448 g/mol. The Morgan fingerprint density at radius 2 is 2.06 bits per heavy atom. The summed E-state index contributed by atoms with van der Waals surface area (Å²) in [5.74, 6) is 1.43. The first kappa shape index (κ1) is 21.6. The van der Waals surface area contributed by atoms with Crippen LogP contribution in [0.25, 0.3) is 21.3 Å². The van der Waals surface area contributed by atoms with Gasteiger partial charge in [0.1, 0.15) is 11.3 Å². The third-order valence-corrected chi connectivity index (χ3v) is 9.78. The fourth-order valence-corrected chi connectivity index (χ4v) is 8.25. The fourth-order valence-electron chi connectivity index (χ4n) is 5.56. The van der Waals surface area contributed by atoms with E-state index in [1.54, 1.807) is 38.3 Å². The molecule has 32 heavy (non-hydrogen) atoms. The van der Waals surface area contributed by atoms with E-state index in [1.807, 2.05) is 11.4 Å². The molecule has 5 rings (SSSR count). The highest BCUT2D eigenvalue weighted by atomic mass is 32.2. The molecule has 3 heterocycles. The number of aromatic nitrogens is 3. The number of rotatable bonds is 5. The maximum Gasteiger partial charge on any atom is 0.421 e. The number of imidazole rings is 1. The minimum Gasteiger partial charge on any atom is -0.464 e. The van der Waals surface area contributed by atoms with E-state index >= 15 is 0 Å². The summed E-state index contributed by atoms with van der Waals surface area (Å²) < 4.78 is 29.8. The molecule has 1 amide bonds. The van der Waals surface area contributed by atoms with Crippen LogP contribution in [0.1, 0.15) is 58.3 Å². The van der Waals surface area contributed by atoms with Crippen LogP contribution >= 0.6 is 11.3 Å². The van der Waals surface area contributed by atoms with Crippen LogP contribution in [0.2, 0.25) is 0 Å². The van der Waals surface area contributed by atoms with E-state index in [4.69, 9.17) is 4.98 Å². The van der Waals surface area contributed by atoms with Crippen LogP contribution in [0.4, 0.5) is 4.79 Å². The second-order valence-electron chi connectivity index (χ2n) is 10.4. The van der Waals surface area contributed by atoms with Crippen molar-refractivity contribution >= 4 is 48.7 Å². The second kappa shape index (κ2) is 7.41. The van der Waals surface area contributed by atoms with Gasteiger partial charge in [-0.05, 0) is 48.0 Å². The van der Waals surface area contributed by atoms with Gasteiger partial charge in [-0.25, -0.2) is 18.2 Å². The van der Waals surface area contributed by atoms with E-state index in [9.17, 15) is 18.3 Å². The number of hydrogen-bond acceptors (Lipinski definition) is 6. The Hall–Kier alpha value is -2.20. The second-order valence-corrected chi connectivity index (χ2v) is 13.2. The van der Waals surface area contributed by atoms with Crippen LogP contribution in [0, 0.1) is 17.3 Å². The number of nitrogens with zero attached hydrogens (tertiary/aromatic N) is 4. The summed E-state index contributed by atoms with van der Waals surface area (Å²) in [4.78, 5) is 21.3. The van der Waals surface area contributed by atoms with E-state index in [1.165, 1.54) is 12.8 Å². The van der Waals surface area contributed by atoms with Crippen molar-refractivity contribution in [2.75, 3.05) is 5.75 Å². The maximum atomic E-state index is 13.0. The van der Waals surface area contributed by atoms with E-state index in [0.29, 0.717) is 27.5 Å². The molecule has 3 aromatic rings. The van der Waals surface area contributed by atoms with Crippen molar-refractivity contribution in [3.05, 3.63) is 23.5 Å². The molecule has 2 saturated carbocycles. The van der Waals surface area contributed by atoms with Gasteiger partial charge >= 0.3 is 6.09 Å². The molecule has 0 radical (unpaired) electrons. The molecule has 8 nitrogen and oxygen atoms in total. The van der Waals surface area contributed by atoms with Gasteiger partial charge in [-0.1, -0.05) is 27.2 Å². The van der Waals surface area contributed by atoms with E-state index < -0.39 is 21.5 Å². The number of thiophene rings is 1. The number of carboxylic acid groups (broad SMARTS) is 1. The van der Waals surface area contributed by atoms with Gasteiger partial charge in [-0.15, -0.1) is 11.3 Å². The van der Waals surface area contributed by atoms with Crippen molar-refractivity contribution in [1.29, 1.82) is 0 Å². The molecular formula is C22H28N4O4S2. The predicted molar refractivity (Wildman–Crippen MR) is 124 cm³/mol. The van der Waals surface area contributed by atoms with Crippen LogP contribution in [0.3, 0.4) is 0 Å². The summed E-state index contributed by atoms with van der Waals surface area (Å²) in [5, 5.41) is 11.8. The van der Waals surface area contributed by atoms with Gasteiger partial charge in [0.15, 0.2) is 0 Å². The number of hydrogen-bond donors (Lipinski definition) is 1. The van der Waals surface area contributed by atoms with E-state index in [2.05, 4.69) is 9.55 Å². The predicted octanol–water partition coefficient (Wildman–Crippen LogP) is 4.86. The van der Waals surface area contributed by atoms with Crippen LogP contribution in [-0.2, 0) is 16.6 Å². The first-order valence-electron chi connectivity index (χ1n) is 11.0. The lowest BCUT2D eigenvalue weighted by molar-refractivity contribution is 0.168. The first-order valence-corrected chi connectivity index (χ1v) is 13.5. The van der Waals surface area contributed by atoms with Gasteiger partial charge in [0.05, 0.1) is 34.2 Å². The van der Waals surface area contributed by atoms with E-state index in [-0.39, 0.29) is 18.3 Å².